The quantitative estimate of drug-likeness (QED) is 0.126. The van der Waals surface area contributed by atoms with E-state index in [2.05, 4.69) is 16.4 Å². The van der Waals surface area contributed by atoms with E-state index in [1.54, 1.807) is 54.5 Å². The molecule has 0 radical (unpaired) electrons. The summed E-state index contributed by atoms with van der Waals surface area (Å²) in [5, 5.41) is 23.8. The number of nitrogens with zero attached hydrogens (tertiary/aromatic N) is 5. The molecule has 0 bridgehead atoms. The Kier molecular flexibility index (Phi) is 11.2. The molecule has 10 atom stereocenters. The van der Waals surface area contributed by atoms with Crippen molar-refractivity contribution in [3.05, 3.63) is 95.1 Å². The summed E-state index contributed by atoms with van der Waals surface area (Å²) in [7, 11) is -4.55. The Labute approximate surface area is 363 Å². The van der Waals surface area contributed by atoms with Gasteiger partial charge < -0.3 is 24.7 Å². The summed E-state index contributed by atoms with van der Waals surface area (Å²) in [6.07, 6.45) is 8.81. The third-order valence-electron chi connectivity index (χ3n) is 13.9. The van der Waals surface area contributed by atoms with Gasteiger partial charge >= 0.3 is 13.5 Å². The number of thiophene rings is 1. The second kappa shape index (κ2) is 16.5. The first-order valence-electron chi connectivity index (χ1n) is 21.6. The summed E-state index contributed by atoms with van der Waals surface area (Å²) in [6.45, 7) is 3.53. The van der Waals surface area contributed by atoms with Crippen molar-refractivity contribution in [2.75, 3.05) is 13.1 Å². The van der Waals surface area contributed by atoms with Crippen LogP contribution in [0.5, 0.6) is 5.75 Å². The van der Waals surface area contributed by atoms with Crippen molar-refractivity contribution < 1.29 is 37.8 Å². The fraction of sp³-hybridized carbons (Fsp3) is 0.478. The minimum absolute atomic E-state index is 0.00444. The molecule has 2 saturated carbocycles. The number of para-hydroxylation sites is 1. The van der Waals surface area contributed by atoms with E-state index in [9.17, 15) is 34.1 Å². The van der Waals surface area contributed by atoms with E-state index in [0.717, 1.165) is 35.9 Å². The molecule has 9 rings (SSSR count). The van der Waals surface area contributed by atoms with E-state index in [4.69, 9.17) is 4.52 Å². The topological polar surface area (TPSA) is 173 Å². The Bertz CT molecular complexity index is 2480. The maximum absolute atomic E-state index is 16.9. The van der Waals surface area contributed by atoms with Crippen molar-refractivity contribution in [2.45, 2.75) is 107 Å². The molecule has 5 fully saturated rings. The number of halogens is 1. The van der Waals surface area contributed by atoms with Crippen LogP contribution in [-0.2, 0) is 18.9 Å². The molecule has 3 saturated heterocycles. The number of nitriles is 1. The van der Waals surface area contributed by atoms with Crippen LogP contribution in [0.1, 0.15) is 97.8 Å². The van der Waals surface area contributed by atoms with Crippen LogP contribution in [-0.4, -0.2) is 91.0 Å². The zero-order valence-corrected chi connectivity index (χ0v) is 36.3. The van der Waals surface area contributed by atoms with Gasteiger partial charge in [-0.1, -0.05) is 37.3 Å². The lowest BCUT2D eigenvalue weighted by molar-refractivity contribution is -0.148. The van der Waals surface area contributed by atoms with Crippen LogP contribution in [0.3, 0.4) is 0 Å². The van der Waals surface area contributed by atoms with Crippen molar-refractivity contribution >= 4 is 52.6 Å². The fourth-order valence-corrected chi connectivity index (χ4v) is 13.9. The Morgan fingerprint density at radius 3 is 2.56 bits per heavy atom. The minimum atomic E-state index is -4.55. The molecule has 1 spiro atoms. The van der Waals surface area contributed by atoms with Crippen LogP contribution in [0, 0.1) is 29.1 Å². The summed E-state index contributed by atoms with van der Waals surface area (Å²) in [5.41, 5.74) is 0.384. The summed E-state index contributed by atoms with van der Waals surface area (Å²) in [5.74, 6) is -4.05. The Morgan fingerprint density at radius 1 is 1.10 bits per heavy atom. The molecule has 2 aromatic heterocycles. The zero-order valence-electron chi connectivity index (χ0n) is 34.6. The highest BCUT2D eigenvalue weighted by Crippen LogP contribution is 2.64. The molecule has 324 valence electrons. The number of carboxylic acids is 1. The number of aliphatic carboxylic acids is 1. The van der Waals surface area contributed by atoms with E-state index >= 15 is 4.39 Å². The third-order valence-corrected chi connectivity index (χ3v) is 17.6. The highest BCUT2D eigenvalue weighted by molar-refractivity contribution is 7.57. The maximum atomic E-state index is 16.9. The molecule has 2 N–H and O–H groups in total. The highest BCUT2D eigenvalue weighted by atomic mass is 32.1. The Hall–Kier alpha value is -5.16. The fourth-order valence-electron chi connectivity index (χ4n) is 10.5. The number of hydrogen-bond donors (Lipinski definition) is 2. The first-order chi connectivity index (χ1) is 29.9. The van der Waals surface area contributed by atoms with Crippen LogP contribution < -0.4 is 9.84 Å². The van der Waals surface area contributed by atoms with Crippen molar-refractivity contribution in [2.24, 2.45) is 17.8 Å². The van der Waals surface area contributed by atoms with Gasteiger partial charge in [0.15, 0.2) is 0 Å². The number of amides is 3. The van der Waals surface area contributed by atoms with Crippen LogP contribution >= 0.6 is 18.9 Å². The van der Waals surface area contributed by atoms with Gasteiger partial charge in [0.05, 0.1) is 22.4 Å². The molecule has 3 aliphatic heterocycles. The Balaban J connectivity index is 0.953. The highest BCUT2D eigenvalue weighted by Gasteiger charge is 2.65. The number of rotatable bonds is 13. The van der Waals surface area contributed by atoms with Gasteiger partial charge in [-0.05, 0) is 123 Å². The SMILES string of the molecule is CCCN([C@@H](C)C(=O)O)[P@@](=O)(Oc1ccccc1)[C@@H](F)c1ccc2sc(C(=O)N[C@H]3C[C@@H]4C[C@@H]4C[C@H]4CC[C@@H](C(=O)N5C[C@H](c6cccnc6)[C@@H](C#N)C56CC6)N4C3=O)cc2c1. The second-order valence-electron chi connectivity index (χ2n) is 17.7. The van der Waals surface area contributed by atoms with E-state index in [0.29, 0.717) is 59.0 Å². The van der Waals surface area contributed by atoms with Crippen LogP contribution in [0.25, 0.3) is 10.1 Å². The number of benzene rings is 2. The van der Waals surface area contributed by atoms with E-state index < -0.39 is 49.0 Å². The molecule has 16 heteroatoms. The summed E-state index contributed by atoms with van der Waals surface area (Å²) >= 11 is 1.18. The molecule has 13 nitrogen and oxygen atoms in total. The van der Waals surface area contributed by atoms with Crippen LogP contribution in [0.15, 0.2) is 79.1 Å². The first kappa shape index (κ1) is 42.2. The smallest absolute Gasteiger partial charge is 0.358 e. The number of hydrogen-bond acceptors (Lipinski definition) is 9. The van der Waals surface area contributed by atoms with E-state index in [1.165, 1.54) is 42.5 Å². The van der Waals surface area contributed by atoms with Gasteiger partial charge in [0.25, 0.3) is 5.91 Å². The molecule has 5 heterocycles. The molecule has 5 aliphatic rings. The standard InChI is InChI=1S/C46H50FN6O7PS/c1-3-18-52(27(2)45(57)58)61(59,60-34-9-5-4-6-10-34)41(47)28-11-14-39-32(19-28)23-40(62-39)42(54)50-37-22-31-20-30(31)21-33-12-13-38(53(33)43(37)55)44(56)51-26-35(29-8-7-17-49-25-29)36(24-48)46(51)15-16-46/h4-11,14,17,19,23,25,27,30-31,33,35-38,41H,3,12-13,15-16,18,20-22,26H2,1-2H3,(H,50,54)(H,57,58)/t27-,30+,31-,33+,35+,36+,37-,38-,41+,61-/m0/s1. The molecular weight excluding hydrogens is 831 g/mol. The number of carboxylic acid groups (broad SMARTS) is 1. The molecule has 0 unspecified atom stereocenters. The van der Waals surface area contributed by atoms with Gasteiger partial charge in [-0.25, -0.2) is 9.06 Å². The van der Waals surface area contributed by atoms with Gasteiger partial charge in [-0.15, -0.1) is 11.3 Å². The molecular formula is C46H50FN6O7PS. The predicted molar refractivity (Wildman–Crippen MR) is 230 cm³/mol. The number of carbonyl (C=O) groups excluding carboxylic acids is 3. The first-order valence-corrected chi connectivity index (χ1v) is 24.1. The van der Waals surface area contributed by atoms with E-state index in [-0.39, 0.29) is 47.5 Å². The monoisotopic (exact) mass is 880 g/mol. The van der Waals surface area contributed by atoms with Gasteiger partial charge in [-0.2, -0.15) is 5.26 Å². The van der Waals surface area contributed by atoms with E-state index in [1.807, 2.05) is 17.0 Å². The average molecular weight is 881 g/mol. The van der Waals surface area contributed by atoms with Gasteiger partial charge in [-0.3, -0.25) is 28.7 Å². The van der Waals surface area contributed by atoms with Gasteiger partial charge in [0, 0.05) is 42.1 Å². The summed E-state index contributed by atoms with van der Waals surface area (Å²) in [4.78, 5) is 63.9. The summed E-state index contributed by atoms with van der Waals surface area (Å²) < 4.78 is 39.4. The summed E-state index contributed by atoms with van der Waals surface area (Å²) in [6, 6.07) is 17.7. The van der Waals surface area contributed by atoms with Crippen molar-refractivity contribution in [3.8, 4) is 11.8 Å². The van der Waals surface area contributed by atoms with Crippen molar-refractivity contribution in [1.82, 2.24) is 24.8 Å². The van der Waals surface area contributed by atoms with Gasteiger partial charge in [0.1, 0.15) is 23.9 Å². The minimum Gasteiger partial charge on any atom is -0.480 e. The van der Waals surface area contributed by atoms with Crippen LogP contribution in [0.4, 0.5) is 4.39 Å². The Morgan fingerprint density at radius 2 is 1.87 bits per heavy atom. The second-order valence-corrected chi connectivity index (χ2v) is 21.0. The molecule has 3 amide bonds. The third kappa shape index (κ3) is 7.47. The number of carbonyl (C=O) groups is 4. The van der Waals surface area contributed by atoms with Crippen molar-refractivity contribution in [3.63, 3.8) is 0 Å². The number of likely N-dealkylation sites (tertiary alicyclic amines) is 1. The largest absolute Gasteiger partial charge is 0.480 e. The molecule has 2 aromatic carbocycles. The lowest BCUT2D eigenvalue weighted by Crippen LogP contribution is -2.58. The number of nitrogens with one attached hydrogen (secondary N) is 1. The predicted octanol–water partition coefficient (Wildman–Crippen LogP) is 7.91. The number of pyridine rings is 1. The lowest BCUT2D eigenvalue weighted by atomic mass is 9.85. The number of fused-ring (bicyclic) bond motifs is 3. The zero-order chi connectivity index (χ0) is 43.5. The average Bonchev–Trinajstić information content (AvgIpc) is 4.06. The van der Waals surface area contributed by atoms with Crippen molar-refractivity contribution in [1.29, 1.82) is 5.26 Å². The van der Waals surface area contributed by atoms with Gasteiger partial charge in [0.2, 0.25) is 17.7 Å². The normalized spacial score (nSPS) is 27.9. The maximum Gasteiger partial charge on any atom is 0.358 e. The lowest BCUT2D eigenvalue weighted by Gasteiger charge is -2.37. The number of alkyl halides is 1. The number of aromatic nitrogens is 1. The molecule has 2 aliphatic carbocycles. The molecule has 62 heavy (non-hydrogen) atoms. The van der Waals surface area contributed by atoms with Crippen LogP contribution in [0.2, 0.25) is 0 Å². The molecule has 4 aromatic rings.